The highest BCUT2D eigenvalue weighted by Crippen LogP contribution is 2.39. The molecule has 0 atom stereocenters. The second-order valence-electron chi connectivity index (χ2n) is 5.61. The number of anilines is 3. The molecule has 0 radical (unpaired) electrons. The number of esters is 1. The predicted molar refractivity (Wildman–Crippen MR) is 96.9 cm³/mol. The van der Waals surface area contributed by atoms with E-state index in [4.69, 9.17) is 11.6 Å². The molecule has 1 aliphatic heterocycles. The summed E-state index contributed by atoms with van der Waals surface area (Å²) >= 11 is 5.96. The van der Waals surface area contributed by atoms with E-state index in [1.54, 1.807) is 0 Å². The summed E-state index contributed by atoms with van der Waals surface area (Å²) < 4.78 is 46.8. The number of halogens is 4. The number of hydrogen-bond acceptors (Lipinski definition) is 5. The van der Waals surface area contributed by atoms with E-state index in [9.17, 15) is 22.8 Å². The number of ether oxygens (including phenoxy) is 2. The topological polar surface area (TPSA) is 76.7 Å². The predicted octanol–water partition coefficient (Wildman–Crippen LogP) is 4.73. The maximum Gasteiger partial charge on any atom is 0.573 e. The van der Waals surface area contributed by atoms with Gasteiger partial charge in [0.1, 0.15) is 5.75 Å². The first-order chi connectivity index (χ1) is 13.2. The summed E-state index contributed by atoms with van der Waals surface area (Å²) in [4.78, 5) is 23.7. The normalized spacial score (nSPS) is 13.1. The quantitative estimate of drug-likeness (QED) is 0.563. The van der Waals surface area contributed by atoms with E-state index in [1.165, 1.54) is 24.3 Å². The van der Waals surface area contributed by atoms with Gasteiger partial charge < -0.3 is 20.1 Å². The van der Waals surface area contributed by atoms with E-state index in [2.05, 4.69) is 20.1 Å². The highest BCUT2D eigenvalue weighted by atomic mass is 35.5. The number of benzene rings is 2. The van der Waals surface area contributed by atoms with Gasteiger partial charge in [-0.3, -0.25) is 4.79 Å². The Balaban J connectivity index is 2.11. The van der Waals surface area contributed by atoms with Crippen LogP contribution in [0.15, 0.2) is 36.4 Å². The van der Waals surface area contributed by atoms with Gasteiger partial charge in [0.05, 0.1) is 29.7 Å². The molecule has 0 aliphatic carbocycles. The summed E-state index contributed by atoms with van der Waals surface area (Å²) in [5, 5.41) is 5.84. The first-order valence-electron chi connectivity index (χ1n) is 7.74. The van der Waals surface area contributed by atoms with E-state index in [1.807, 2.05) is 0 Å². The molecule has 0 saturated carbocycles. The van der Waals surface area contributed by atoms with Crippen LogP contribution in [-0.2, 0) is 9.53 Å². The molecule has 10 heteroatoms. The van der Waals surface area contributed by atoms with Gasteiger partial charge in [-0.25, -0.2) is 4.79 Å². The molecule has 0 aromatic heterocycles. The number of alkyl halides is 3. The van der Waals surface area contributed by atoms with Gasteiger partial charge >= 0.3 is 12.3 Å². The van der Waals surface area contributed by atoms with Crippen molar-refractivity contribution in [2.24, 2.45) is 0 Å². The summed E-state index contributed by atoms with van der Waals surface area (Å²) in [6, 6.07) is 6.82. The zero-order valence-corrected chi connectivity index (χ0v) is 14.9. The summed E-state index contributed by atoms with van der Waals surface area (Å²) in [5.41, 5.74) is 0.913. The van der Waals surface area contributed by atoms with Gasteiger partial charge in [-0.1, -0.05) is 11.6 Å². The van der Waals surface area contributed by atoms with Crippen LogP contribution in [0.3, 0.4) is 0 Å². The Morgan fingerprint density at radius 3 is 2.50 bits per heavy atom. The first kappa shape index (κ1) is 19.6. The van der Waals surface area contributed by atoms with Gasteiger partial charge in [-0.15, -0.1) is 13.2 Å². The number of carbonyl (C=O) groups is 2. The van der Waals surface area contributed by atoms with Crippen molar-refractivity contribution in [1.82, 2.24) is 0 Å². The Hall–Kier alpha value is -3.20. The van der Waals surface area contributed by atoms with Crippen molar-refractivity contribution in [3.05, 3.63) is 52.6 Å². The fraction of sp³-hybridized carbons (Fsp3) is 0.111. The standard InChI is InChI=1S/C18H12ClF3N2O4/c1-27-16(25)5-2-9-6-13-14(8-15(9)28-18(20,21)22)24-17(26)11-4-3-10(19)7-12(11)23-13/h2-8,23H,1H3,(H,24,26). The van der Waals surface area contributed by atoms with E-state index in [0.717, 1.165) is 25.3 Å². The van der Waals surface area contributed by atoms with Crippen LogP contribution < -0.4 is 15.4 Å². The maximum atomic E-state index is 12.8. The van der Waals surface area contributed by atoms with Gasteiger partial charge in [0.2, 0.25) is 0 Å². The zero-order valence-electron chi connectivity index (χ0n) is 14.2. The minimum Gasteiger partial charge on any atom is -0.466 e. The monoisotopic (exact) mass is 412 g/mol. The fourth-order valence-electron chi connectivity index (χ4n) is 2.53. The van der Waals surface area contributed by atoms with Crippen LogP contribution in [0.5, 0.6) is 5.75 Å². The van der Waals surface area contributed by atoms with Crippen molar-refractivity contribution in [2.45, 2.75) is 6.36 Å². The summed E-state index contributed by atoms with van der Waals surface area (Å²) in [6.45, 7) is 0. The molecule has 2 aromatic carbocycles. The average Bonchev–Trinajstić information content (AvgIpc) is 2.73. The Bertz CT molecular complexity index is 990. The number of fused-ring (bicyclic) bond motifs is 2. The number of carbonyl (C=O) groups excluding carboxylic acids is 2. The third kappa shape index (κ3) is 4.37. The smallest absolute Gasteiger partial charge is 0.466 e. The lowest BCUT2D eigenvalue weighted by Gasteiger charge is -2.16. The lowest BCUT2D eigenvalue weighted by atomic mass is 10.1. The second kappa shape index (κ2) is 7.43. The molecule has 2 aromatic rings. The summed E-state index contributed by atoms with van der Waals surface area (Å²) in [6.07, 6.45) is -2.91. The Kier molecular flexibility index (Phi) is 5.19. The number of nitrogens with one attached hydrogen (secondary N) is 2. The molecule has 6 nitrogen and oxygen atoms in total. The number of hydrogen-bond donors (Lipinski definition) is 2. The average molecular weight is 413 g/mol. The second-order valence-corrected chi connectivity index (χ2v) is 6.05. The largest absolute Gasteiger partial charge is 0.573 e. The van der Waals surface area contributed by atoms with Gasteiger partial charge in [0.25, 0.3) is 5.91 Å². The third-order valence-corrected chi connectivity index (χ3v) is 3.95. The molecule has 146 valence electrons. The fourth-order valence-corrected chi connectivity index (χ4v) is 2.70. The minimum atomic E-state index is -4.97. The molecular weight excluding hydrogens is 401 g/mol. The van der Waals surface area contributed by atoms with E-state index >= 15 is 0 Å². The van der Waals surface area contributed by atoms with Gasteiger partial charge in [0.15, 0.2) is 0 Å². The molecule has 1 amide bonds. The molecule has 28 heavy (non-hydrogen) atoms. The molecule has 1 heterocycles. The lowest BCUT2D eigenvalue weighted by Crippen LogP contribution is -2.18. The Morgan fingerprint density at radius 2 is 1.82 bits per heavy atom. The summed E-state index contributed by atoms with van der Waals surface area (Å²) in [5.74, 6) is -1.89. The van der Waals surface area contributed by atoms with Crippen LogP contribution in [-0.4, -0.2) is 25.3 Å². The molecule has 2 N–H and O–H groups in total. The molecule has 0 unspecified atom stereocenters. The molecule has 0 fully saturated rings. The van der Waals surface area contributed by atoms with Crippen molar-refractivity contribution in [2.75, 3.05) is 17.7 Å². The molecule has 1 aliphatic rings. The maximum absolute atomic E-state index is 12.8. The third-order valence-electron chi connectivity index (χ3n) is 3.72. The first-order valence-corrected chi connectivity index (χ1v) is 8.12. The molecule has 0 saturated heterocycles. The SMILES string of the molecule is COC(=O)C=Cc1cc2c(cc1OC(F)(F)F)NC(=O)c1ccc(Cl)cc1N2. The highest BCUT2D eigenvalue weighted by Gasteiger charge is 2.33. The Labute approximate surface area is 161 Å². The number of amides is 1. The van der Waals surface area contributed by atoms with Crippen LogP contribution in [0.25, 0.3) is 6.08 Å². The van der Waals surface area contributed by atoms with Gasteiger partial charge in [-0.2, -0.15) is 0 Å². The van der Waals surface area contributed by atoms with Crippen molar-refractivity contribution < 1.29 is 32.2 Å². The number of methoxy groups -OCH3 is 1. The molecule has 3 rings (SSSR count). The van der Waals surface area contributed by atoms with E-state index < -0.39 is 24.0 Å². The van der Waals surface area contributed by atoms with Crippen molar-refractivity contribution >= 4 is 46.6 Å². The highest BCUT2D eigenvalue weighted by molar-refractivity contribution is 6.31. The lowest BCUT2D eigenvalue weighted by molar-refractivity contribution is -0.274. The van der Waals surface area contributed by atoms with Crippen LogP contribution in [0.4, 0.5) is 30.2 Å². The van der Waals surface area contributed by atoms with Crippen LogP contribution >= 0.6 is 11.6 Å². The molecule has 0 bridgehead atoms. The van der Waals surface area contributed by atoms with E-state index in [-0.39, 0.29) is 22.5 Å². The van der Waals surface area contributed by atoms with Gasteiger partial charge in [0, 0.05) is 22.7 Å². The van der Waals surface area contributed by atoms with Crippen molar-refractivity contribution in [1.29, 1.82) is 0 Å². The van der Waals surface area contributed by atoms with Crippen molar-refractivity contribution in [3.8, 4) is 5.75 Å². The van der Waals surface area contributed by atoms with Gasteiger partial charge in [-0.05, 0) is 30.3 Å². The summed E-state index contributed by atoms with van der Waals surface area (Å²) in [7, 11) is 1.13. The molecular formula is C18H12ClF3N2O4. The van der Waals surface area contributed by atoms with Crippen LogP contribution in [0, 0.1) is 0 Å². The van der Waals surface area contributed by atoms with Crippen molar-refractivity contribution in [3.63, 3.8) is 0 Å². The minimum absolute atomic E-state index is 0.0614. The van der Waals surface area contributed by atoms with Crippen LogP contribution in [0.2, 0.25) is 5.02 Å². The van der Waals surface area contributed by atoms with Crippen LogP contribution in [0.1, 0.15) is 15.9 Å². The number of rotatable bonds is 3. The van der Waals surface area contributed by atoms with E-state index in [0.29, 0.717) is 10.7 Å². The zero-order chi connectivity index (χ0) is 20.5. The Morgan fingerprint density at radius 1 is 1.11 bits per heavy atom. The molecule has 0 spiro atoms.